The standard InChI is InChI=1S/C15H19ClFN.ClH/c16-14-7-4-8-15(17)13(14)11-18-10-9-12-5-2-1-3-6-12;/h4-5,7-8,18H,1-3,6,9-11H2;1H. The minimum atomic E-state index is -0.230. The van der Waals surface area contributed by atoms with Crippen LogP contribution in [0.5, 0.6) is 0 Å². The summed E-state index contributed by atoms with van der Waals surface area (Å²) in [6, 6.07) is 4.81. The van der Waals surface area contributed by atoms with Gasteiger partial charge in [-0.3, -0.25) is 0 Å². The highest BCUT2D eigenvalue weighted by atomic mass is 35.5. The highest BCUT2D eigenvalue weighted by Gasteiger charge is 2.07. The Bertz CT molecular complexity index is 412. The van der Waals surface area contributed by atoms with Crippen molar-refractivity contribution in [1.29, 1.82) is 0 Å². The van der Waals surface area contributed by atoms with Gasteiger partial charge in [0.2, 0.25) is 0 Å². The van der Waals surface area contributed by atoms with Crippen LogP contribution in [0.15, 0.2) is 29.8 Å². The van der Waals surface area contributed by atoms with E-state index in [9.17, 15) is 4.39 Å². The van der Waals surface area contributed by atoms with Crippen LogP contribution >= 0.6 is 24.0 Å². The van der Waals surface area contributed by atoms with Gasteiger partial charge in [0.1, 0.15) is 5.82 Å². The van der Waals surface area contributed by atoms with E-state index in [1.54, 1.807) is 12.1 Å². The maximum absolute atomic E-state index is 13.5. The Balaban J connectivity index is 0.00000180. The first kappa shape index (κ1) is 16.5. The SMILES string of the molecule is Cl.Fc1cccc(Cl)c1CNCCC1=CCCCC1. The van der Waals surface area contributed by atoms with Crippen molar-refractivity contribution in [2.24, 2.45) is 0 Å². The summed E-state index contributed by atoms with van der Waals surface area (Å²) < 4.78 is 13.5. The Morgan fingerprint density at radius 2 is 2.11 bits per heavy atom. The second-order valence-electron chi connectivity index (χ2n) is 4.74. The largest absolute Gasteiger partial charge is 0.312 e. The smallest absolute Gasteiger partial charge is 0.129 e. The van der Waals surface area contributed by atoms with Crippen molar-refractivity contribution in [2.45, 2.75) is 38.6 Å². The lowest BCUT2D eigenvalue weighted by Crippen LogP contribution is -2.16. The predicted molar refractivity (Wildman–Crippen MR) is 81.5 cm³/mol. The van der Waals surface area contributed by atoms with E-state index in [1.165, 1.54) is 37.3 Å². The van der Waals surface area contributed by atoms with Crippen LogP contribution in [0.3, 0.4) is 0 Å². The summed E-state index contributed by atoms with van der Waals surface area (Å²) in [6.07, 6.45) is 8.48. The van der Waals surface area contributed by atoms with Crippen molar-refractivity contribution < 1.29 is 4.39 Å². The number of nitrogens with one attached hydrogen (secondary N) is 1. The number of halogens is 3. The molecule has 0 heterocycles. The highest BCUT2D eigenvalue weighted by Crippen LogP contribution is 2.20. The van der Waals surface area contributed by atoms with Gasteiger partial charge in [0.15, 0.2) is 0 Å². The molecular weight excluding hydrogens is 284 g/mol. The van der Waals surface area contributed by atoms with Gasteiger partial charge in [0.05, 0.1) is 0 Å². The van der Waals surface area contributed by atoms with Crippen molar-refractivity contribution in [3.8, 4) is 0 Å². The van der Waals surface area contributed by atoms with Crippen molar-refractivity contribution >= 4 is 24.0 Å². The molecule has 0 saturated carbocycles. The van der Waals surface area contributed by atoms with Gasteiger partial charge < -0.3 is 5.32 Å². The number of hydrogen-bond acceptors (Lipinski definition) is 1. The average molecular weight is 304 g/mol. The van der Waals surface area contributed by atoms with Crippen LogP contribution in [0.4, 0.5) is 4.39 Å². The molecule has 0 aromatic heterocycles. The van der Waals surface area contributed by atoms with E-state index in [1.807, 2.05) is 0 Å². The lowest BCUT2D eigenvalue weighted by atomic mass is 9.97. The van der Waals surface area contributed by atoms with E-state index >= 15 is 0 Å². The topological polar surface area (TPSA) is 12.0 Å². The third-order valence-electron chi connectivity index (χ3n) is 3.37. The van der Waals surface area contributed by atoms with E-state index < -0.39 is 0 Å². The quantitative estimate of drug-likeness (QED) is 0.604. The maximum Gasteiger partial charge on any atom is 0.129 e. The molecule has 4 heteroatoms. The highest BCUT2D eigenvalue weighted by molar-refractivity contribution is 6.31. The Morgan fingerprint density at radius 1 is 1.26 bits per heavy atom. The van der Waals surface area contributed by atoms with Crippen LogP contribution in [0.1, 0.15) is 37.7 Å². The zero-order valence-corrected chi connectivity index (χ0v) is 12.5. The van der Waals surface area contributed by atoms with E-state index in [4.69, 9.17) is 11.6 Å². The molecule has 0 radical (unpaired) electrons. The lowest BCUT2D eigenvalue weighted by Gasteiger charge is -2.13. The molecule has 1 aromatic carbocycles. The van der Waals surface area contributed by atoms with E-state index in [2.05, 4.69) is 11.4 Å². The summed E-state index contributed by atoms with van der Waals surface area (Å²) in [5.74, 6) is -0.230. The summed E-state index contributed by atoms with van der Waals surface area (Å²) in [5.41, 5.74) is 2.10. The molecule has 1 aliphatic rings. The zero-order valence-electron chi connectivity index (χ0n) is 10.9. The molecule has 2 rings (SSSR count). The van der Waals surface area contributed by atoms with Crippen LogP contribution in [-0.2, 0) is 6.54 Å². The molecule has 0 bridgehead atoms. The lowest BCUT2D eigenvalue weighted by molar-refractivity contribution is 0.583. The molecule has 0 amide bonds. The molecule has 1 nitrogen and oxygen atoms in total. The second-order valence-corrected chi connectivity index (χ2v) is 5.14. The first-order valence-corrected chi connectivity index (χ1v) is 6.96. The normalized spacial score (nSPS) is 14.7. The fourth-order valence-corrected chi connectivity index (χ4v) is 2.53. The number of rotatable bonds is 5. The fraction of sp³-hybridized carbons (Fsp3) is 0.467. The molecule has 0 saturated heterocycles. The molecule has 0 aliphatic heterocycles. The maximum atomic E-state index is 13.5. The summed E-state index contributed by atoms with van der Waals surface area (Å²) >= 11 is 5.97. The zero-order chi connectivity index (χ0) is 12.8. The van der Waals surface area contributed by atoms with Crippen molar-refractivity contribution in [3.63, 3.8) is 0 Å². The van der Waals surface area contributed by atoms with Crippen LogP contribution < -0.4 is 5.32 Å². The van der Waals surface area contributed by atoms with E-state index in [0.29, 0.717) is 17.1 Å². The Hall–Kier alpha value is -0.570. The fourth-order valence-electron chi connectivity index (χ4n) is 2.30. The molecule has 0 atom stereocenters. The molecule has 19 heavy (non-hydrogen) atoms. The van der Waals surface area contributed by atoms with Gasteiger partial charge in [-0.25, -0.2) is 4.39 Å². The van der Waals surface area contributed by atoms with Gasteiger partial charge in [0, 0.05) is 17.1 Å². The minimum absolute atomic E-state index is 0. The monoisotopic (exact) mass is 303 g/mol. The van der Waals surface area contributed by atoms with Gasteiger partial charge in [0.25, 0.3) is 0 Å². The summed E-state index contributed by atoms with van der Waals surface area (Å²) in [4.78, 5) is 0. The van der Waals surface area contributed by atoms with Gasteiger partial charge >= 0.3 is 0 Å². The molecule has 0 unspecified atom stereocenters. The second kappa shape index (κ2) is 8.57. The third-order valence-corrected chi connectivity index (χ3v) is 3.73. The van der Waals surface area contributed by atoms with Crippen molar-refractivity contribution in [1.82, 2.24) is 5.32 Å². The molecule has 1 N–H and O–H groups in total. The first-order chi connectivity index (χ1) is 8.77. The van der Waals surface area contributed by atoms with Crippen LogP contribution in [0, 0.1) is 5.82 Å². The average Bonchev–Trinajstić information content (AvgIpc) is 2.38. The summed E-state index contributed by atoms with van der Waals surface area (Å²) in [6.45, 7) is 1.38. The van der Waals surface area contributed by atoms with Crippen molar-refractivity contribution in [2.75, 3.05) is 6.54 Å². The number of hydrogen-bond donors (Lipinski definition) is 1. The molecule has 1 aliphatic carbocycles. The van der Waals surface area contributed by atoms with E-state index in [0.717, 1.165) is 13.0 Å². The van der Waals surface area contributed by atoms with Crippen molar-refractivity contribution in [3.05, 3.63) is 46.3 Å². The third kappa shape index (κ3) is 5.13. The van der Waals surface area contributed by atoms with Crippen LogP contribution in [-0.4, -0.2) is 6.54 Å². The Kier molecular flexibility index (Phi) is 7.44. The van der Waals surface area contributed by atoms with Gasteiger partial charge in [-0.1, -0.05) is 29.3 Å². The van der Waals surface area contributed by atoms with Gasteiger partial charge in [-0.2, -0.15) is 0 Å². The summed E-state index contributed by atoms with van der Waals surface area (Å²) in [5, 5.41) is 3.76. The first-order valence-electron chi connectivity index (χ1n) is 6.59. The van der Waals surface area contributed by atoms with Gasteiger partial charge in [-0.05, 0) is 50.8 Å². The number of allylic oxidation sites excluding steroid dienone is 1. The van der Waals surface area contributed by atoms with Crippen LogP contribution in [0.2, 0.25) is 5.02 Å². The molecule has 1 aromatic rings. The molecule has 0 fully saturated rings. The summed E-state index contributed by atoms with van der Waals surface area (Å²) in [7, 11) is 0. The van der Waals surface area contributed by atoms with Crippen LogP contribution in [0.25, 0.3) is 0 Å². The Morgan fingerprint density at radius 3 is 2.79 bits per heavy atom. The molecule has 106 valence electrons. The van der Waals surface area contributed by atoms with Gasteiger partial charge in [-0.15, -0.1) is 12.4 Å². The molecular formula is C15H20Cl2FN. The predicted octanol–water partition coefficient (Wildman–Crippen LogP) is 4.88. The molecule has 0 spiro atoms. The minimum Gasteiger partial charge on any atom is -0.312 e. The number of benzene rings is 1. The Labute approximate surface area is 125 Å². The van der Waals surface area contributed by atoms with E-state index in [-0.39, 0.29) is 18.2 Å².